The Balaban J connectivity index is 3.68. The highest BCUT2D eigenvalue weighted by atomic mass is 16.7. The monoisotopic (exact) mass is 456 g/mol. The lowest BCUT2D eigenvalue weighted by Crippen LogP contribution is -2.18. The van der Waals surface area contributed by atoms with Crippen LogP contribution in [0.15, 0.2) is 12.3 Å². The van der Waals surface area contributed by atoms with Crippen molar-refractivity contribution in [1.29, 1.82) is 0 Å². The molecule has 0 unspecified atom stereocenters. The summed E-state index contributed by atoms with van der Waals surface area (Å²) in [6.07, 6.45) is 25.9. The van der Waals surface area contributed by atoms with Crippen molar-refractivity contribution in [2.24, 2.45) is 0 Å². The first-order valence-corrected chi connectivity index (χ1v) is 13.9. The molecular formula is C28H56O4. The molecule has 0 aromatic carbocycles. The molecule has 4 nitrogen and oxygen atoms in total. The second kappa shape index (κ2) is 28.5. The summed E-state index contributed by atoms with van der Waals surface area (Å²) in [5.41, 5.74) is 0. The highest BCUT2D eigenvalue weighted by Crippen LogP contribution is 2.10. The van der Waals surface area contributed by atoms with Crippen LogP contribution in [-0.2, 0) is 18.9 Å². The molecule has 0 saturated heterocycles. The van der Waals surface area contributed by atoms with Gasteiger partial charge in [0.2, 0.25) is 0 Å². The first kappa shape index (κ1) is 31.4. The van der Waals surface area contributed by atoms with Gasteiger partial charge < -0.3 is 18.9 Å². The molecule has 192 valence electrons. The summed E-state index contributed by atoms with van der Waals surface area (Å²) in [6, 6.07) is 0. The normalized spacial score (nSPS) is 11.8. The predicted octanol–water partition coefficient (Wildman–Crippen LogP) is 8.93. The third-order valence-corrected chi connectivity index (χ3v) is 5.66. The van der Waals surface area contributed by atoms with Crippen molar-refractivity contribution >= 4 is 0 Å². The topological polar surface area (TPSA) is 36.9 Å². The molecule has 0 aliphatic heterocycles. The van der Waals surface area contributed by atoms with Crippen LogP contribution in [0.3, 0.4) is 0 Å². The molecular weight excluding hydrogens is 400 g/mol. The lowest BCUT2D eigenvalue weighted by Gasteiger charge is -2.18. The fraction of sp³-hybridized carbons (Fsp3) is 0.929. The van der Waals surface area contributed by atoms with Crippen molar-refractivity contribution in [3.63, 3.8) is 0 Å². The van der Waals surface area contributed by atoms with Crippen LogP contribution in [0.1, 0.15) is 136 Å². The summed E-state index contributed by atoms with van der Waals surface area (Å²) in [5.74, 6) is 0. The van der Waals surface area contributed by atoms with Gasteiger partial charge >= 0.3 is 0 Å². The van der Waals surface area contributed by atoms with Crippen LogP contribution in [0, 0.1) is 0 Å². The van der Waals surface area contributed by atoms with E-state index in [1.807, 2.05) is 6.08 Å². The zero-order valence-electron chi connectivity index (χ0n) is 21.9. The maximum atomic E-state index is 5.99. The molecule has 0 atom stereocenters. The third kappa shape index (κ3) is 25.7. The number of unbranched alkanes of at least 4 members (excludes halogenated alkanes) is 13. The van der Waals surface area contributed by atoms with Crippen LogP contribution >= 0.6 is 0 Å². The Morgan fingerprint density at radius 2 is 1.03 bits per heavy atom. The van der Waals surface area contributed by atoms with Crippen molar-refractivity contribution in [3.8, 4) is 0 Å². The van der Waals surface area contributed by atoms with Gasteiger partial charge in [0.1, 0.15) is 0 Å². The Morgan fingerprint density at radius 3 is 1.59 bits per heavy atom. The van der Waals surface area contributed by atoms with Crippen molar-refractivity contribution in [2.75, 3.05) is 26.6 Å². The molecule has 0 radical (unpaired) electrons. The number of hydrogen-bond acceptors (Lipinski definition) is 4. The molecule has 0 aliphatic rings. The Morgan fingerprint density at radius 1 is 0.562 bits per heavy atom. The SMILES string of the molecule is CCCCCCCCCCOCOC=CCCC(OCCCCCC)OCCCCCC. The molecule has 4 heteroatoms. The van der Waals surface area contributed by atoms with Gasteiger partial charge in [-0.25, -0.2) is 0 Å². The second-order valence-corrected chi connectivity index (χ2v) is 8.91. The molecule has 0 aromatic heterocycles. The van der Waals surface area contributed by atoms with Crippen molar-refractivity contribution < 1.29 is 18.9 Å². The quantitative estimate of drug-likeness (QED) is 0.0702. The minimum Gasteiger partial charge on any atom is -0.475 e. The first-order valence-electron chi connectivity index (χ1n) is 13.9. The van der Waals surface area contributed by atoms with E-state index in [1.54, 1.807) is 6.26 Å². The molecule has 0 rings (SSSR count). The van der Waals surface area contributed by atoms with E-state index in [0.717, 1.165) is 51.9 Å². The van der Waals surface area contributed by atoms with Crippen LogP contribution in [0.25, 0.3) is 0 Å². The Bertz CT molecular complexity index is 345. The summed E-state index contributed by atoms with van der Waals surface area (Å²) < 4.78 is 23.0. The van der Waals surface area contributed by atoms with Crippen LogP contribution in [0.5, 0.6) is 0 Å². The largest absolute Gasteiger partial charge is 0.475 e. The number of rotatable bonds is 27. The first-order chi connectivity index (χ1) is 15.8. The highest BCUT2D eigenvalue weighted by molar-refractivity contribution is 4.73. The number of allylic oxidation sites excluding steroid dienone is 1. The number of ether oxygens (including phenoxy) is 4. The van der Waals surface area contributed by atoms with E-state index >= 15 is 0 Å². The van der Waals surface area contributed by atoms with E-state index in [2.05, 4.69) is 20.8 Å². The molecule has 0 saturated carbocycles. The standard InChI is InChI=1S/C28H56O4/c1-4-7-10-13-14-15-16-18-23-29-27-30-24-21-17-22-28(31-25-19-11-8-5-2)32-26-20-12-9-6-3/h21,24,28H,4-20,22-23,25-27H2,1-3H3. The average Bonchev–Trinajstić information content (AvgIpc) is 2.80. The van der Waals surface area contributed by atoms with E-state index in [1.165, 1.54) is 83.5 Å². The van der Waals surface area contributed by atoms with Gasteiger partial charge in [-0.15, -0.1) is 0 Å². The zero-order chi connectivity index (χ0) is 23.4. The van der Waals surface area contributed by atoms with Crippen LogP contribution in [0.2, 0.25) is 0 Å². The van der Waals surface area contributed by atoms with E-state index in [0.29, 0.717) is 6.79 Å². The smallest absolute Gasteiger partial charge is 0.188 e. The minimum atomic E-state index is -0.0962. The molecule has 0 amide bonds. The average molecular weight is 457 g/mol. The summed E-state index contributed by atoms with van der Waals surface area (Å²) >= 11 is 0. The molecule has 0 N–H and O–H groups in total. The van der Waals surface area contributed by atoms with Gasteiger partial charge in [0.05, 0.1) is 12.9 Å². The minimum absolute atomic E-state index is 0.0962. The lowest BCUT2D eigenvalue weighted by molar-refractivity contribution is -0.146. The zero-order valence-corrected chi connectivity index (χ0v) is 21.9. The number of hydrogen-bond donors (Lipinski definition) is 0. The molecule has 0 bridgehead atoms. The van der Waals surface area contributed by atoms with Crippen molar-refractivity contribution in [2.45, 2.75) is 143 Å². The summed E-state index contributed by atoms with van der Waals surface area (Å²) in [6.45, 7) is 9.47. The Labute approximate surface area is 200 Å². The fourth-order valence-electron chi connectivity index (χ4n) is 3.55. The maximum Gasteiger partial charge on any atom is 0.188 e. The van der Waals surface area contributed by atoms with Gasteiger partial charge in [-0.2, -0.15) is 0 Å². The third-order valence-electron chi connectivity index (χ3n) is 5.66. The fourth-order valence-corrected chi connectivity index (χ4v) is 3.55. The Kier molecular flexibility index (Phi) is 27.9. The van der Waals surface area contributed by atoms with E-state index in [4.69, 9.17) is 18.9 Å². The van der Waals surface area contributed by atoms with Gasteiger partial charge in [0.15, 0.2) is 13.1 Å². The van der Waals surface area contributed by atoms with Crippen molar-refractivity contribution in [3.05, 3.63) is 12.3 Å². The molecule has 0 fully saturated rings. The summed E-state index contributed by atoms with van der Waals surface area (Å²) in [4.78, 5) is 0. The van der Waals surface area contributed by atoms with Gasteiger partial charge in [-0.1, -0.05) is 104 Å². The van der Waals surface area contributed by atoms with Gasteiger partial charge in [-0.3, -0.25) is 0 Å². The van der Waals surface area contributed by atoms with Gasteiger partial charge in [-0.05, 0) is 31.8 Å². The maximum absolute atomic E-state index is 5.99. The van der Waals surface area contributed by atoms with Gasteiger partial charge in [0, 0.05) is 19.6 Å². The molecule has 0 heterocycles. The Hall–Kier alpha value is -0.580. The lowest BCUT2D eigenvalue weighted by atomic mass is 10.1. The molecule has 0 aromatic rings. The molecule has 0 spiro atoms. The highest BCUT2D eigenvalue weighted by Gasteiger charge is 2.08. The van der Waals surface area contributed by atoms with E-state index < -0.39 is 0 Å². The molecule has 32 heavy (non-hydrogen) atoms. The van der Waals surface area contributed by atoms with E-state index in [-0.39, 0.29) is 6.29 Å². The van der Waals surface area contributed by atoms with Crippen LogP contribution in [0.4, 0.5) is 0 Å². The predicted molar refractivity (Wildman–Crippen MR) is 137 cm³/mol. The van der Waals surface area contributed by atoms with Crippen LogP contribution in [-0.4, -0.2) is 32.9 Å². The van der Waals surface area contributed by atoms with Crippen LogP contribution < -0.4 is 0 Å². The summed E-state index contributed by atoms with van der Waals surface area (Å²) in [5, 5.41) is 0. The second-order valence-electron chi connectivity index (χ2n) is 8.91. The van der Waals surface area contributed by atoms with Gasteiger partial charge in [0.25, 0.3) is 0 Å². The molecule has 0 aliphatic carbocycles. The summed E-state index contributed by atoms with van der Waals surface area (Å²) in [7, 11) is 0. The van der Waals surface area contributed by atoms with Crippen molar-refractivity contribution in [1.82, 2.24) is 0 Å². The van der Waals surface area contributed by atoms with E-state index in [9.17, 15) is 0 Å².